The molecule has 33 heavy (non-hydrogen) atoms. The van der Waals surface area contributed by atoms with Crippen LogP contribution in [0.25, 0.3) is 27.7 Å². The smallest absolute Gasteiger partial charge is 0.132 e. The maximum atomic E-state index is 13.7. The number of phenols is 1. The summed E-state index contributed by atoms with van der Waals surface area (Å²) in [6.45, 7) is 4.41. The van der Waals surface area contributed by atoms with E-state index in [1.54, 1.807) is 6.07 Å². The zero-order valence-corrected chi connectivity index (χ0v) is 22.8. The van der Waals surface area contributed by atoms with Crippen LogP contribution >= 0.6 is 9.24 Å². The summed E-state index contributed by atoms with van der Waals surface area (Å²) in [4.78, 5) is 0. The van der Waals surface area contributed by atoms with Gasteiger partial charge in [0.1, 0.15) is 5.75 Å². The summed E-state index contributed by atoms with van der Waals surface area (Å²) < 4.78 is 16.0. The Morgan fingerprint density at radius 1 is 1.06 bits per heavy atom. The molecule has 1 N–H and O–H groups in total. The van der Waals surface area contributed by atoms with E-state index in [0.29, 0.717) is 5.75 Å². The van der Waals surface area contributed by atoms with E-state index in [2.05, 4.69) is 64.1 Å². The van der Waals surface area contributed by atoms with Crippen LogP contribution in [0.2, 0.25) is 0 Å². The molecular formula is C28H28FNOPRe-. The fraction of sp³-hybridized carbons (Fsp3) is 0.286. The molecule has 5 rings (SSSR count). The molecular weight excluding hydrogens is 602 g/mol. The predicted octanol–water partition coefficient (Wildman–Crippen LogP) is 6.83. The SMILES string of the molecule is CCc1ccc(-c2c(C3(CC)CCC3)n(-c3c[c-]c(F)cc3)c3ccc(P)c(O)c23)cc1.[Re]. The van der Waals surface area contributed by atoms with E-state index in [1.165, 1.54) is 23.7 Å². The Morgan fingerprint density at radius 3 is 2.33 bits per heavy atom. The first kappa shape index (κ1) is 24.2. The standard InChI is InChI=1S/C28H28FNOP.Re/c1-3-18-6-8-19(9-7-18)24-25-22(14-15-23(32)26(25)31)30(21-12-10-20(29)11-13-21)27(24)28(4-2)16-5-17-28;/h6-10,12-15,31H,3-5,16-17,32H2,1-2H3;/q-1;. The summed E-state index contributed by atoms with van der Waals surface area (Å²) in [6.07, 6.45) is 5.42. The number of aryl methyl sites for hydroxylation is 1. The zero-order valence-electron chi connectivity index (χ0n) is 19.0. The predicted molar refractivity (Wildman–Crippen MR) is 134 cm³/mol. The Hall–Kier alpha value is -1.98. The first-order valence-corrected chi connectivity index (χ1v) is 12.0. The van der Waals surface area contributed by atoms with Gasteiger partial charge < -0.3 is 9.67 Å². The topological polar surface area (TPSA) is 25.2 Å². The van der Waals surface area contributed by atoms with Crippen LogP contribution in [0, 0.1) is 11.9 Å². The van der Waals surface area contributed by atoms with E-state index < -0.39 is 0 Å². The largest absolute Gasteiger partial charge is 0.507 e. The van der Waals surface area contributed by atoms with Crippen molar-refractivity contribution >= 4 is 25.4 Å². The van der Waals surface area contributed by atoms with E-state index >= 15 is 0 Å². The van der Waals surface area contributed by atoms with Crippen LogP contribution in [0.4, 0.5) is 4.39 Å². The van der Waals surface area contributed by atoms with E-state index in [1.807, 2.05) is 12.1 Å². The molecule has 1 aliphatic rings. The molecule has 0 bridgehead atoms. The molecule has 1 heterocycles. The molecule has 0 aliphatic heterocycles. The summed E-state index contributed by atoms with van der Waals surface area (Å²) in [5.41, 5.74) is 6.55. The van der Waals surface area contributed by atoms with E-state index in [9.17, 15) is 9.50 Å². The minimum Gasteiger partial charge on any atom is -0.507 e. The van der Waals surface area contributed by atoms with Crippen LogP contribution in [0.1, 0.15) is 50.8 Å². The molecule has 1 radical (unpaired) electrons. The van der Waals surface area contributed by atoms with Gasteiger partial charge >= 0.3 is 0 Å². The molecule has 171 valence electrons. The summed E-state index contributed by atoms with van der Waals surface area (Å²) >= 11 is 0. The number of aromatic nitrogens is 1. The maximum absolute atomic E-state index is 13.7. The van der Waals surface area contributed by atoms with Crippen molar-refractivity contribution in [2.75, 3.05) is 0 Å². The molecule has 2 nitrogen and oxygen atoms in total. The van der Waals surface area contributed by atoms with Crippen molar-refractivity contribution < 1.29 is 29.9 Å². The van der Waals surface area contributed by atoms with Crippen molar-refractivity contribution in [3.63, 3.8) is 0 Å². The second-order valence-corrected chi connectivity index (χ2v) is 9.51. The third kappa shape index (κ3) is 3.87. The second kappa shape index (κ2) is 9.34. The molecule has 1 aromatic heterocycles. The second-order valence-electron chi connectivity index (χ2n) is 8.89. The van der Waals surface area contributed by atoms with Crippen molar-refractivity contribution in [1.29, 1.82) is 0 Å². The summed E-state index contributed by atoms with van der Waals surface area (Å²) in [6, 6.07) is 20.4. The third-order valence-electron chi connectivity index (χ3n) is 7.30. The molecule has 3 aromatic carbocycles. The average Bonchev–Trinajstić information content (AvgIpc) is 3.12. The maximum Gasteiger partial charge on any atom is 0.132 e. The van der Waals surface area contributed by atoms with Gasteiger partial charge in [0.2, 0.25) is 0 Å². The molecule has 1 unspecified atom stereocenters. The minimum absolute atomic E-state index is 0. The van der Waals surface area contributed by atoms with Crippen LogP contribution in [0.5, 0.6) is 5.75 Å². The van der Waals surface area contributed by atoms with Crippen molar-refractivity contribution in [1.82, 2.24) is 4.57 Å². The molecule has 1 atom stereocenters. The fourth-order valence-corrected chi connectivity index (χ4v) is 5.48. The summed E-state index contributed by atoms with van der Waals surface area (Å²) in [5.74, 6) is -0.0789. The number of hydrogen-bond acceptors (Lipinski definition) is 1. The molecule has 0 spiro atoms. The van der Waals surface area contributed by atoms with Crippen LogP contribution < -0.4 is 5.30 Å². The van der Waals surface area contributed by atoms with Gasteiger partial charge in [-0.2, -0.15) is 6.07 Å². The van der Waals surface area contributed by atoms with Gasteiger partial charge in [-0.3, -0.25) is 0 Å². The number of benzene rings is 3. The summed E-state index contributed by atoms with van der Waals surface area (Å²) in [7, 11) is 2.65. The summed E-state index contributed by atoms with van der Waals surface area (Å²) in [5, 5.41) is 12.9. The van der Waals surface area contributed by atoms with Crippen molar-refractivity contribution in [3.8, 4) is 22.6 Å². The molecule has 0 amide bonds. The zero-order chi connectivity index (χ0) is 22.5. The van der Waals surface area contributed by atoms with Crippen LogP contribution in [-0.2, 0) is 32.3 Å². The quantitative estimate of drug-likeness (QED) is 0.190. The number of aromatic hydroxyl groups is 1. The number of rotatable bonds is 5. The van der Waals surface area contributed by atoms with Gasteiger partial charge in [0.15, 0.2) is 0 Å². The van der Waals surface area contributed by atoms with Gasteiger partial charge in [0.25, 0.3) is 0 Å². The van der Waals surface area contributed by atoms with Gasteiger partial charge in [-0.1, -0.05) is 50.2 Å². The van der Waals surface area contributed by atoms with Gasteiger partial charge in [-0.05, 0) is 48.9 Å². The van der Waals surface area contributed by atoms with Crippen molar-refractivity contribution in [2.45, 2.75) is 51.4 Å². The minimum atomic E-state index is -0.369. The Bertz CT molecular complexity index is 1290. The third-order valence-corrected chi connectivity index (χ3v) is 7.76. The molecule has 5 heteroatoms. The first-order valence-electron chi connectivity index (χ1n) is 11.4. The Kier molecular flexibility index (Phi) is 6.84. The van der Waals surface area contributed by atoms with E-state index in [4.69, 9.17) is 0 Å². The van der Waals surface area contributed by atoms with Crippen molar-refractivity contribution in [2.24, 2.45) is 0 Å². The number of fused-ring (bicyclic) bond motifs is 1. The van der Waals surface area contributed by atoms with Crippen LogP contribution in [-0.4, -0.2) is 9.67 Å². The van der Waals surface area contributed by atoms with Gasteiger partial charge in [0.05, 0.1) is 0 Å². The fourth-order valence-electron chi connectivity index (χ4n) is 5.24. The van der Waals surface area contributed by atoms with Crippen LogP contribution in [0.15, 0.2) is 54.6 Å². The van der Waals surface area contributed by atoms with E-state index in [0.717, 1.165) is 58.7 Å². The average molecular weight is 631 g/mol. The van der Waals surface area contributed by atoms with Crippen LogP contribution in [0.3, 0.4) is 0 Å². The first-order chi connectivity index (χ1) is 15.5. The monoisotopic (exact) mass is 631 g/mol. The Balaban J connectivity index is 0.00000259. The number of hydrogen-bond donors (Lipinski definition) is 1. The van der Waals surface area contributed by atoms with Gasteiger partial charge in [-0.15, -0.1) is 27.4 Å². The normalized spacial score (nSPS) is 14.7. The Morgan fingerprint density at radius 2 is 1.79 bits per heavy atom. The number of nitrogens with zero attached hydrogens (tertiary/aromatic N) is 1. The van der Waals surface area contributed by atoms with Gasteiger partial charge in [-0.25, -0.2) is 4.39 Å². The number of phenolic OH excluding ortho intramolecular Hbond substituents is 1. The molecule has 1 aliphatic carbocycles. The van der Waals surface area contributed by atoms with E-state index in [-0.39, 0.29) is 31.7 Å². The molecule has 4 aromatic rings. The Labute approximate surface area is 211 Å². The number of halogens is 1. The molecule has 1 fully saturated rings. The van der Waals surface area contributed by atoms with Crippen molar-refractivity contribution in [3.05, 3.63) is 77.7 Å². The molecule has 0 saturated heterocycles. The molecule has 1 saturated carbocycles. The van der Waals surface area contributed by atoms with Gasteiger partial charge in [0, 0.05) is 59.1 Å².